The van der Waals surface area contributed by atoms with E-state index in [1.165, 1.54) is 0 Å². The summed E-state index contributed by atoms with van der Waals surface area (Å²) in [5.41, 5.74) is 9.21. The van der Waals surface area contributed by atoms with Crippen LogP contribution in [0.15, 0.2) is 59.8 Å². The average molecular weight is 419 g/mol. The summed E-state index contributed by atoms with van der Waals surface area (Å²) in [6.45, 7) is 0. The average Bonchev–Trinajstić information content (AvgIpc) is 2.77. The number of benzene rings is 2. The third kappa shape index (κ3) is 3.38. The summed E-state index contributed by atoms with van der Waals surface area (Å²) >= 11 is 5.94. The lowest BCUT2D eigenvalue weighted by Gasteiger charge is -2.30. The van der Waals surface area contributed by atoms with Crippen LogP contribution in [0.25, 0.3) is 21.7 Å². The number of nitrogens with zero attached hydrogens (tertiary/aromatic N) is 3. The number of aromatic nitrogens is 3. The molecule has 5 nitrogen and oxygen atoms in total. The van der Waals surface area contributed by atoms with E-state index in [0.717, 1.165) is 53.1 Å². The number of hydrogen-bond donors (Lipinski definition) is 1. The van der Waals surface area contributed by atoms with E-state index < -0.39 is 0 Å². The Kier molecular flexibility index (Phi) is 5.01. The summed E-state index contributed by atoms with van der Waals surface area (Å²) in [6.07, 6.45) is 8.22. The van der Waals surface area contributed by atoms with Crippen LogP contribution in [0.1, 0.15) is 42.9 Å². The highest BCUT2D eigenvalue weighted by atomic mass is 35.5. The van der Waals surface area contributed by atoms with Crippen molar-refractivity contribution in [3.63, 3.8) is 0 Å². The molecule has 30 heavy (non-hydrogen) atoms. The van der Waals surface area contributed by atoms with Gasteiger partial charge >= 0.3 is 0 Å². The van der Waals surface area contributed by atoms with Crippen LogP contribution in [0.2, 0.25) is 5.15 Å². The van der Waals surface area contributed by atoms with Crippen LogP contribution >= 0.6 is 11.6 Å². The third-order valence-electron chi connectivity index (χ3n) is 6.20. The van der Waals surface area contributed by atoms with E-state index in [1.807, 2.05) is 30.3 Å². The van der Waals surface area contributed by atoms with Crippen molar-refractivity contribution in [3.8, 4) is 0 Å². The van der Waals surface area contributed by atoms with Crippen LogP contribution < -0.4 is 11.3 Å². The molecule has 0 amide bonds. The summed E-state index contributed by atoms with van der Waals surface area (Å²) in [7, 11) is 0. The molecule has 0 bridgehead atoms. The summed E-state index contributed by atoms with van der Waals surface area (Å²) in [5.74, 6) is 0. The Bertz CT molecular complexity index is 1280. The highest BCUT2D eigenvalue weighted by Crippen LogP contribution is 2.30. The van der Waals surface area contributed by atoms with Crippen molar-refractivity contribution in [1.82, 2.24) is 14.5 Å². The molecule has 2 heterocycles. The molecular weight excluding hydrogens is 396 g/mol. The second-order valence-corrected chi connectivity index (χ2v) is 8.50. The van der Waals surface area contributed by atoms with Gasteiger partial charge < -0.3 is 5.73 Å². The number of fused-ring (bicyclic) bond motifs is 3. The fraction of sp³-hybridized carbons (Fsp3) is 0.292. The van der Waals surface area contributed by atoms with Crippen LogP contribution in [-0.2, 0) is 6.42 Å². The minimum Gasteiger partial charge on any atom is -0.326 e. The molecule has 5 rings (SSSR count). The summed E-state index contributed by atoms with van der Waals surface area (Å²) in [5, 5.41) is 3.20. The monoisotopic (exact) mass is 418 g/mol. The zero-order valence-electron chi connectivity index (χ0n) is 16.6. The minimum absolute atomic E-state index is 0.00392. The van der Waals surface area contributed by atoms with E-state index in [2.05, 4.69) is 11.1 Å². The highest BCUT2D eigenvalue weighted by molar-refractivity contribution is 6.29. The van der Waals surface area contributed by atoms with Crippen molar-refractivity contribution >= 4 is 33.3 Å². The molecule has 1 fully saturated rings. The van der Waals surface area contributed by atoms with Crippen LogP contribution in [0.3, 0.4) is 0 Å². The standard InChI is InChI=1S/C24H23ClN4O/c25-22-10-9-15(13-27-22)11-16-12-19-23(18-6-2-1-5-17(16)18)28-14-29(24(19)30)21-8-4-3-7-20(21)26/h1-2,5-6,9-10,12-14,20-21H,3-4,7-8,11,26H2/t20-,21-/m0/s1. The maximum Gasteiger partial charge on any atom is 0.261 e. The van der Waals surface area contributed by atoms with Crippen molar-refractivity contribution in [3.05, 3.63) is 81.6 Å². The lowest BCUT2D eigenvalue weighted by molar-refractivity contribution is 0.299. The quantitative estimate of drug-likeness (QED) is 0.388. The van der Waals surface area contributed by atoms with Crippen molar-refractivity contribution < 1.29 is 0 Å². The Morgan fingerprint density at radius 2 is 1.83 bits per heavy atom. The molecule has 6 heteroatoms. The Balaban J connectivity index is 1.70. The number of rotatable bonds is 3. The van der Waals surface area contributed by atoms with E-state index >= 15 is 0 Å². The van der Waals surface area contributed by atoms with Crippen molar-refractivity contribution in [2.45, 2.75) is 44.2 Å². The molecule has 1 aliphatic rings. The molecule has 2 atom stereocenters. The van der Waals surface area contributed by atoms with Crippen molar-refractivity contribution in [1.29, 1.82) is 0 Å². The first-order valence-corrected chi connectivity index (χ1v) is 10.8. The molecule has 1 aliphatic carbocycles. The Hall–Kier alpha value is -2.76. The SMILES string of the molecule is N[C@H]1CCCC[C@@H]1n1cnc2c(cc(Cc3ccc(Cl)nc3)c3ccccc32)c1=O. The third-order valence-corrected chi connectivity index (χ3v) is 6.42. The van der Waals surface area contributed by atoms with Gasteiger partial charge in [0.15, 0.2) is 0 Å². The van der Waals surface area contributed by atoms with Gasteiger partial charge in [-0.25, -0.2) is 9.97 Å². The zero-order chi connectivity index (χ0) is 20.7. The van der Waals surface area contributed by atoms with Gasteiger partial charge in [-0.2, -0.15) is 0 Å². The fourth-order valence-corrected chi connectivity index (χ4v) is 4.76. The van der Waals surface area contributed by atoms with E-state index in [9.17, 15) is 4.79 Å². The maximum atomic E-state index is 13.5. The van der Waals surface area contributed by atoms with Gasteiger partial charge in [-0.05, 0) is 47.9 Å². The second-order valence-electron chi connectivity index (χ2n) is 8.12. The molecular formula is C24H23ClN4O. The predicted molar refractivity (Wildman–Crippen MR) is 121 cm³/mol. The van der Waals surface area contributed by atoms with Gasteiger partial charge in [0.1, 0.15) is 5.15 Å². The van der Waals surface area contributed by atoms with Crippen LogP contribution in [0.5, 0.6) is 0 Å². The molecule has 2 N–H and O–H groups in total. The molecule has 152 valence electrons. The van der Waals surface area contributed by atoms with Gasteiger partial charge in [0.25, 0.3) is 5.56 Å². The fourth-order valence-electron chi connectivity index (χ4n) is 4.65. The van der Waals surface area contributed by atoms with Crippen molar-refractivity contribution in [2.75, 3.05) is 0 Å². The number of halogens is 1. The van der Waals surface area contributed by atoms with Gasteiger partial charge in [-0.15, -0.1) is 0 Å². The zero-order valence-corrected chi connectivity index (χ0v) is 17.3. The Morgan fingerprint density at radius 3 is 2.60 bits per heavy atom. The number of nitrogens with two attached hydrogens (primary N) is 1. The van der Waals surface area contributed by atoms with Gasteiger partial charge in [0.05, 0.1) is 23.3 Å². The Labute approximate surface area is 179 Å². The van der Waals surface area contributed by atoms with Crippen LogP contribution in [0.4, 0.5) is 0 Å². The molecule has 0 saturated heterocycles. The summed E-state index contributed by atoms with van der Waals surface area (Å²) in [6, 6.07) is 13.9. The molecule has 1 saturated carbocycles. The first-order valence-electron chi connectivity index (χ1n) is 10.4. The van der Waals surface area contributed by atoms with Crippen LogP contribution in [0, 0.1) is 0 Å². The maximum absolute atomic E-state index is 13.5. The topological polar surface area (TPSA) is 73.8 Å². The smallest absolute Gasteiger partial charge is 0.261 e. The summed E-state index contributed by atoms with van der Waals surface area (Å²) < 4.78 is 1.76. The van der Waals surface area contributed by atoms with Crippen molar-refractivity contribution in [2.24, 2.45) is 5.73 Å². The molecule has 0 radical (unpaired) electrons. The van der Waals surface area contributed by atoms with Crippen LogP contribution in [-0.4, -0.2) is 20.6 Å². The normalized spacial score (nSPS) is 19.4. The highest BCUT2D eigenvalue weighted by Gasteiger charge is 2.25. The van der Waals surface area contributed by atoms with Gasteiger partial charge in [-0.3, -0.25) is 9.36 Å². The second kappa shape index (κ2) is 7.82. The molecule has 4 aromatic rings. The largest absolute Gasteiger partial charge is 0.326 e. The van der Waals surface area contributed by atoms with Gasteiger partial charge in [0, 0.05) is 17.6 Å². The predicted octanol–water partition coefficient (Wildman–Crippen LogP) is 4.63. The molecule has 2 aromatic carbocycles. The first kappa shape index (κ1) is 19.2. The molecule has 0 unspecified atom stereocenters. The molecule has 0 spiro atoms. The minimum atomic E-state index is -0.0106. The summed E-state index contributed by atoms with van der Waals surface area (Å²) in [4.78, 5) is 22.4. The van der Waals surface area contributed by atoms with Gasteiger partial charge in [-0.1, -0.05) is 54.8 Å². The lowest BCUT2D eigenvalue weighted by atomic mass is 9.90. The van der Waals surface area contributed by atoms with E-state index in [1.54, 1.807) is 23.2 Å². The molecule has 2 aromatic heterocycles. The van der Waals surface area contributed by atoms with E-state index in [4.69, 9.17) is 22.3 Å². The first-order chi connectivity index (χ1) is 14.6. The van der Waals surface area contributed by atoms with E-state index in [-0.39, 0.29) is 17.6 Å². The number of hydrogen-bond acceptors (Lipinski definition) is 4. The number of pyridine rings is 1. The molecule has 0 aliphatic heterocycles. The Morgan fingerprint density at radius 1 is 1.03 bits per heavy atom. The van der Waals surface area contributed by atoms with E-state index in [0.29, 0.717) is 17.0 Å². The lowest BCUT2D eigenvalue weighted by Crippen LogP contribution is -2.39. The van der Waals surface area contributed by atoms with Gasteiger partial charge in [0.2, 0.25) is 0 Å².